The maximum Gasteiger partial charge on any atom is 0.241 e. The van der Waals surface area contributed by atoms with Crippen LogP contribution in [0.15, 0.2) is 35.7 Å². The lowest BCUT2D eigenvalue weighted by molar-refractivity contribution is 0.154. The molecule has 0 saturated heterocycles. The van der Waals surface area contributed by atoms with Gasteiger partial charge in [0.25, 0.3) is 0 Å². The Morgan fingerprint density at radius 2 is 2.21 bits per heavy atom. The van der Waals surface area contributed by atoms with Crippen molar-refractivity contribution in [3.05, 3.63) is 41.4 Å². The molecule has 2 aromatic rings. The SMILES string of the molecule is Cc1cnccc1S(=O)(=O)N[C@@H]1CC(Cn2cc(Cl)cn2)C[C@H]1O. The van der Waals surface area contributed by atoms with Gasteiger partial charge in [0.15, 0.2) is 0 Å². The second kappa shape index (κ2) is 6.79. The van der Waals surface area contributed by atoms with E-state index in [-0.39, 0.29) is 10.8 Å². The van der Waals surface area contributed by atoms with Gasteiger partial charge in [-0.1, -0.05) is 11.6 Å². The van der Waals surface area contributed by atoms with Crippen molar-refractivity contribution in [3.63, 3.8) is 0 Å². The fourth-order valence-corrected chi connectivity index (χ4v) is 4.77. The Morgan fingerprint density at radius 1 is 1.42 bits per heavy atom. The summed E-state index contributed by atoms with van der Waals surface area (Å²) in [6.45, 7) is 2.28. The number of halogens is 1. The summed E-state index contributed by atoms with van der Waals surface area (Å²) in [6, 6.07) is 0.945. The van der Waals surface area contributed by atoms with Crippen molar-refractivity contribution in [2.75, 3.05) is 0 Å². The third kappa shape index (κ3) is 3.77. The standard InChI is InChI=1S/C15H19ClN4O3S/c1-10-6-17-3-2-15(10)24(22,23)19-13-4-11(5-14(13)21)8-20-9-12(16)7-18-20/h2-3,6-7,9,11,13-14,19,21H,4-5,8H2,1H3/t11?,13-,14-/m1/s1. The van der Waals surface area contributed by atoms with E-state index < -0.39 is 22.2 Å². The monoisotopic (exact) mass is 370 g/mol. The molecule has 1 unspecified atom stereocenters. The molecule has 0 spiro atoms. The van der Waals surface area contributed by atoms with Crippen LogP contribution in [0.3, 0.4) is 0 Å². The quantitative estimate of drug-likeness (QED) is 0.828. The molecule has 1 aliphatic rings. The third-order valence-corrected chi connectivity index (χ3v) is 6.08. The van der Waals surface area contributed by atoms with Gasteiger partial charge in [0.05, 0.1) is 22.2 Å². The van der Waals surface area contributed by atoms with Crippen LogP contribution >= 0.6 is 11.6 Å². The molecule has 3 rings (SSSR count). The number of rotatable bonds is 5. The third-order valence-electron chi connectivity index (χ3n) is 4.24. The van der Waals surface area contributed by atoms with E-state index in [4.69, 9.17) is 11.6 Å². The first kappa shape index (κ1) is 17.3. The molecule has 1 fully saturated rings. The van der Waals surface area contributed by atoms with Crippen LogP contribution in [0.5, 0.6) is 0 Å². The van der Waals surface area contributed by atoms with Crippen LogP contribution in [0.25, 0.3) is 0 Å². The number of nitrogens with one attached hydrogen (secondary N) is 1. The summed E-state index contributed by atoms with van der Waals surface area (Å²) in [5.41, 5.74) is 0.570. The zero-order valence-corrected chi connectivity index (χ0v) is 14.7. The molecular formula is C15H19ClN4O3S. The van der Waals surface area contributed by atoms with E-state index in [0.29, 0.717) is 30.0 Å². The molecule has 2 aromatic heterocycles. The normalized spacial score (nSPS) is 24.4. The van der Waals surface area contributed by atoms with Crippen molar-refractivity contribution < 1.29 is 13.5 Å². The molecule has 3 atom stereocenters. The Labute approximate surface area is 145 Å². The number of nitrogens with zero attached hydrogens (tertiary/aromatic N) is 3. The van der Waals surface area contributed by atoms with Crippen LogP contribution in [0, 0.1) is 12.8 Å². The molecule has 0 aromatic carbocycles. The molecule has 130 valence electrons. The molecule has 2 N–H and O–H groups in total. The first-order valence-electron chi connectivity index (χ1n) is 7.64. The second-order valence-corrected chi connectivity index (χ2v) is 8.27. The Bertz CT molecular complexity index is 824. The van der Waals surface area contributed by atoms with Gasteiger partial charge < -0.3 is 5.11 Å². The predicted molar refractivity (Wildman–Crippen MR) is 89.1 cm³/mol. The maximum absolute atomic E-state index is 12.5. The minimum absolute atomic E-state index is 0.127. The van der Waals surface area contributed by atoms with Gasteiger partial charge in [-0.2, -0.15) is 5.10 Å². The van der Waals surface area contributed by atoms with Crippen LogP contribution in [0.4, 0.5) is 0 Å². The topological polar surface area (TPSA) is 97.1 Å². The fraction of sp³-hybridized carbons (Fsp3) is 0.467. The van der Waals surface area contributed by atoms with Crippen molar-refractivity contribution in [1.29, 1.82) is 0 Å². The van der Waals surface area contributed by atoms with Gasteiger partial charge in [-0.05, 0) is 37.3 Å². The zero-order chi connectivity index (χ0) is 17.3. The van der Waals surface area contributed by atoms with Gasteiger partial charge in [0.2, 0.25) is 10.0 Å². The minimum Gasteiger partial charge on any atom is -0.391 e. The van der Waals surface area contributed by atoms with Crippen LogP contribution in [-0.2, 0) is 16.6 Å². The number of aliphatic hydroxyl groups excluding tert-OH is 1. The molecule has 7 nitrogen and oxygen atoms in total. The smallest absolute Gasteiger partial charge is 0.241 e. The highest BCUT2D eigenvalue weighted by molar-refractivity contribution is 7.89. The highest BCUT2D eigenvalue weighted by atomic mass is 35.5. The van der Waals surface area contributed by atoms with Crippen molar-refractivity contribution in [2.24, 2.45) is 5.92 Å². The molecule has 24 heavy (non-hydrogen) atoms. The molecular weight excluding hydrogens is 352 g/mol. The van der Waals surface area contributed by atoms with E-state index in [9.17, 15) is 13.5 Å². The van der Waals surface area contributed by atoms with Gasteiger partial charge >= 0.3 is 0 Å². The number of hydrogen-bond acceptors (Lipinski definition) is 5. The summed E-state index contributed by atoms with van der Waals surface area (Å²) in [7, 11) is -3.69. The molecule has 0 amide bonds. The molecule has 2 heterocycles. The molecule has 1 aliphatic carbocycles. The highest BCUT2D eigenvalue weighted by Crippen LogP contribution is 2.29. The Balaban J connectivity index is 1.68. The second-order valence-electron chi connectivity index (χ2n) is 6.15. The Kier molecular flexibility index (Phi) is 4.91. The van der Waals surface area contributed by atoms with E-state index in [1.54, 1.807) is 24.0 Å². The molecule has 0 aliphatic heterocycles. The Hall–Kier alpha value is -1.48. The minimum atomic E-state index is -3.69. The molecule has 0 radical (unpaired) electrons. The number of aliphatic hydroxyl groups is 1. The lowest BCUT2D eigenvalue weighted by Gasteiger charge is -2.17. The summed E-state index contributed by atoms with van der Waals surface area (Å²) in [6.07, 6.45) is 6.55. The van der Waals surface area contributed by atoms with Crippen LogP contribution in [-0.4, -0.2) is 40.4 Å². The van der Waals surface area contributed by atoms with Gasteiger partial charge in [-0.3, -0.25) is 9.67 Å². The maximum atomic E-state index is 12.5. The van der Waals surface area contributed by atoms with Gasteiger partial charge in [-0.15, -0.1) is 0 Å². The summed E-state index contributed by atoms with van der Waals surface area (Å²) in [5, 5.41) is 14.9. The zero-order valence-electron chi connectivity index (χ0n) is 13.1. The van der Waals surface area contributed by atoms with Crippen molar-refractivity contribution in [1.82, 2.24) is 19.5 Å². The summed E-state index contributed by atoms with van der Waals surface area (Å²) in [4.78, 5) is 4.09. The van der Waals surface area contributed by atoms with Crippen LogP contribution in [0.2, 0.25) is 5.02 Å². The lowest BCUT2D eigenvalue weighted by atomic mass is 10.1. The Morgan fingerprint density at radius 3 is 2.88 bits per heavy atom. The van der Waals surface area contributed by atoms with E-state index in [2.05, 4.69) is 14.8 Å². The van der Waals surface area contributed by atoms with Crippen LogP contribution < -0.4 is 4.72 Å². The molecule has 0 bridgehead atoms. The molecule has 1 saturated carbocycles. The lowest BCUT2D eigenvalue weighted by Crippen LogP contribution is -2.40. The van der Waals surface area contributed by atoms with Gasteiger partial charge in [0.1, 0.15) is 0 Å². The fourth-order valence-electron chi connectivity index (χ4n) is 3.12. The number of sulfonamides is 1. The number of aromatic nitrogens is 3. The average Bonchev–Trinajstić information content (AvgIpc) is 3.05. The predicted octanol–water partition coefficient (Wildman–Crippen LogP) is 1.36. The van der Waals surface area contributed by atoms with E-state index in [1.807, 2.05) is 0 Å². The molecule has 9 heteroatoms. The van der Waals surface area contributed by atoms with Gasteiger partial charge in [-0.25, -0.2) is 13.1 Å². The summed E-state index contributed by atoms with van der Waals surface area (Å²) >= 11 is 5.84. The van der Waals surface area contributed by atoms with E-state index >= 15 is 0 Å². The van der Waals surface area contributed by atoms with Crippen molar-refractivity contribution in [2.45, 2.75) is 43.4 Å². The van der Waals surface area contributed by atoms with E-state index in [0.717, 1.165) is 0 Å². The first-order chi connectivity index (χ1) is 11.3. The van der Waals surface area contributed by atoms with Crippen LogP contribution in [0.1, 0.15) is 18.4 Å². The van der Waals surface area contributed by atoms with Gasteiger partial charge in [0, 0.05) is 31.2 Å². The first-order valence-corrected chi connectivity index (χ1v) is 9.50. The number of aryl methyl sites for hydroxylation is 1. The average molecular weight is 371 g/mol. The van der Waals surface area contributed by atoms with Crippen molar-refractivity contribution in [3.8, 4) is 0 Å². The highest BCUT2D eigenvalue weighted by Gasteiger charge is 2.36. The largest absolute Gasteiger partial charge is 0.391 e. The number of hydrogen-bond donors (Lipinski definition) is 2. The summed E-state index contributed by atoms with van der Waals surface area (Å²) in [5.74, 6) is 0.127. The van der Waals surface area contributed by atoms with E-state index in [1.165, 1.54) is 18.5 Å². The summed E-state index contributed by atoms with van der Waals surface area (Å²) < 4.78 is 29.4. The van der Waals surface area contributed by atoms with Crippen molar-refractivity contribution >= 4 is 21.6 Å². The number of pyridine rings is 1.